The maximum Gasteiger partial charge on any atom is 0.353 e. The van der Waals surface area contributed by atoms with E-state index in [0.717, 1.165) is 0 Å². The number of aliphatic carboxylic acids is 1. The number of nitrogens with one attached hydrogen (secondary N) is 1. The summed E-state index contributed by atoms with van der Waals surface area (Å²) in [5, 5.41) is 17.9. The fourth-order valence-corrected chi connectivity index (χ4v) is 1.27. The fourth-order valence-electron chi connectivity index (χ4n) is 1.27. The molecule has 1 aliphatic rings. The maximum atomic E-state index is 11.6. The number of aryl methyl sites for hydroxylation is 1. The van der Waals surface area contributed by atoms with Gasteiger partial charge in [-0.2, -0.15) is 0 Å². The van der Waals surface area contributed by atoms with Crippen LogP contribution in [0.5, 0.6) is 0 Å². The lowest BCUT2D eigenvalue weighted by atomic mass is 10.2. The van der Waals surface area contributed by atoms with Gasteiger partial charge in [-0.25, -0.2) is 4.79 Å². The summed E-state index contributed by atoms with van der Waals surface area (Å²) in [4.78, 5) is 26.9. The van der Waals surface area contributed by atoms with Gasteiger partial charge in [0.25, 0.3) is 5.91 Å². The Hall–Kier alpha value is -2.38. The van der Waals surface area contributed by atoms with Crippen molar-refractivity contribution in [1.82, 2.24) is 5.16 Å². The van der Waals surface area contributed by atoms with E-state index in [-0.39, 0.29) is 18.0 Å². The molecule has 2 rings (SSSR count). The fraction of sp³-hybridized carbons (Fsp3) is 0.333. The number of amides is 1. The van der Waals surface area contributed by atoms with Gasteiger partial charge in [0.05, 0.1) is 5.69 Å². The Bertz CT molecular complexity index is 493. The van der Waals surface area contributed by atoms with Gasteiger partial charge in [0.1, 0.15) is 0 Å². The molecule has 0 spiro atoms. The van der Waals surface area contributed by atoms with Gasteiger partial charge in [-0.15, -0.1) is 0 Å². The van der Waals surface area contributed by atoms with Crippen LogP contribution in [0, 0.1) is 6.92 Å². The Kier molecular flexibility index (Phi) is 2.77. The minimum Gasteiger partial charge on any atom is -0.477 e. The van der Waals surface area contributed by atoms with Gasteiger partial charge in [0, 0.05) is 12.5 Å². The number of aromatic nitrogens is 1. The summed E-state index contributed by atoms with van der Waals surface area (Å²) in [7, 11) is 0. The summed E-state index contributed by atoms with van der Waals surface area (Å²) >= 11 is 0. The summed E-state index contributed by atoms with van der Waals surface area (Å²) in [6.07, 6.45) is -1.03. The normalized spacial score (nSPS) is 18.4. The number of anilines is 1. The molecule has 1 aromatic heterocycles. The molecule has 0 aromatic carbocycles. The second-order valence-electron chi connectivity index (χ2n) is 3.46. The molecule has 1 atom stereocenters. The van der Waals surface area contributed by atoms with Crippen LogP contribution in [0.2, 0.25) is 0 Å². The van der Waals surface area contributed by atoms with Crippen molar-refractivity contribution < 1.29 is 24.1 Å². The van der Waals surface area contributed by atoms with Crippen LogP contribution in [0.4, 0.5) is 5.88 Å². The first-order valence-corrected chi connectivity index (χ1v) is 4.76. The molecule has 8 nitrogen and oxygen atoms in total. The average molecular weight is 239 g/mol. The van der Waals surface area contributed by atoms with Gasteiger partial charge in [-0.3, -0.25) is 10.1 Å². The van der Waals surface area contributed by atoms with E-state index in [2.05, 4.69) is 15.6 Å². The van der Waals surface area contributed by atoms with Crippen molar-refractivity contribution in [1.29, 1.82) is 0 Å². The number of carboxylic acids is 1. The van der Waals surface area contributed by atoms with Crippen LogP contribution in [0.25, 0.3) is 0 Å². The van der Waals surface area contributed by atoms with Crippen molar-refractivity contribution >= 4 is 23.5 Å². The van der Waals surface area contributed by atoms with E-state index in [9.17, 15) is 9.59 Å². The van der Waals surface area contributed by atoms with Crippen LogP contribution in [-0.2, 0) is 14.4 Å². The lowest BCUT2D eigenvalue weighted by molar-refractivity contribution is -0.129. The first-order valence-electron chi connectivity index (χ1n) is 4.76. The van der Waals surface area contributed by atoms with Crippen LogP contribution in [0.15, 0.2) is 15.7 Å². The molecule has 8 heteroatoms. The molecule has 0 fully saturated rings. The SMILES string of the molecule is Cc1cc(NC(=O)C2CC(C(=O)O)=NO2)on1. The largest absolute Gasteiger partial charge is 0.477 e. The van der Waals surface area contributed by atoms with E-state index in [1.54, 1.807) is 6.92 Å². The molecule has 2 heterocycles. The van der Waals surface area contributed by atoms with Crippen LogP contribution in [0.1, 0.15) is 12.1 Å². The first kappa shape index (κ1) is 11.1. The Morgan fingerprint density at radius 1 is 1.59 bits per heavy atom. The zero-order valence-corrected chi connectivity index (χ0v) is 8.84. The van der Waals surface area contributed by atoms with Crippen molar-refractivity contribution in [3.63, 3.8) is 0 Å². The third kappa shape index (κ3) is 2.41. The second kappa shape index (κ2) is 4.24. The zero-order chi connectivity index (χ0) is 12.4. The second-order valence-corrected chi connectivity index (χ2v) is 3.46. The van der Waals surface area contributed by atoms with Gasteiger partial charge in [-0.1, -0.05) is 10.3 Å². The van der Waals surface area contributed by atoms with E-state index in [0.29, 0.717) is 5.69 Å². The van der Waals surface area contributed by atoms with Crippen molar-refractivity contribution in [2.75, 3.05) is 5.32 Å². The van der Waals surface area contributed by atoms with Gasteiger partial charge in [0.15, 0.2) is 5.71 Å². The van der Waals surface area contributed by atoms with Crippen LogP contribution in [0.3, 0.4) is 0 Å². The molecule has 0 saturated carbocycles. The number of carboxylic acid groups (broad SMARTS) is 1. The van der Waals surface area contributed by atoms with E-state index in [1.807, 2.05) is 0 Å². The quantitative estimate of drug-likeness (QED) is 0.776. The molecule has 0 saturated heterocycles. The molecule has 1 unspecified atom stereocenters. The number of hydrogen-bond donors (Lipinski definition) is 2. The van der Waals surface area contributed by atoms with Gasteiger partial charge in [-0.05, 0) is 6.92 Å². The smallest absolute Gasteiger partial charge is 0.353 e. The average Bonchev–Trinajstić information content (AvgIpc) is 2.86. The monoisotopic (exact) mass is 239 g/mol. The number of oxime groups is 1. The minimum atomic E-state index is -1.20. The van der Waals surface area contributed by atoms with Crippen LogP contribution >= 0.6 is 0 Å². The van der Waals surface area contributed by atoms with Crippen molar-refractivity contribution in [3.8, 4) is 0 Å². The highest BCUT2D eigenvalue weighted by Gasteiger charge is 2.31. The van der Waals surface area contributed by atoms with Crippen LogP contribution in [-0.4, -0.2) is 34.0 Å². The molecule has 1 aliphatic heterocycles. The Morgan fingerprint density at radius 2 is 2.35 bits per heavy atom. The summed E-state index contributed by atoms with van der Waals surface area (Å²) in [5.41, 5.74) is 0.439. The molecular weight excluding hydrogens is 230 g/mol. The minimum absolute atomic E-state index is 0.0751. The number of nitrogens with zero attached hydrogens (tertiary/aromatic N) is 2. The van der Waals surface area contributed by atoms with Gasteiger partial charge >= 0.3 is 5.97 Å². The molecule has 90 valence electrons. The molecule has 1 amide bonds. The standard InChI is InChI=1S/C9H9N3O5/c1-4-2-7(17-11-4)10-8(13)6-3-5(9(14)15)12-16-6/h2,6H,3H2,1H3,(H,10,13)(H,14,15). The topological polar surface area (TPSA) is 114 Å². The third-order valence-electron chi connectivity index (χ3n) is 2.08. The highest BCUT2D eigenvalue weighted by molar-refractivity contribution is 6.36. The molecule has 0 aliphatic carbocycles. The zero-order valence-electron chi connectivity index (χ0n) is 8.84. The number of rotatable bonds is 3. The molecule has 17 heavy (non-hydrogen) atoms. The Balaban J connectivity index is 1.93. The number of carbonyl (C=O) groups is 2. The number of carbonyl (C=O) groups excluding carboxylic acids is 1. The predicted molar refractivity (Wildman–Crippen MR) is 54.4 cm³/mol. The molecule has 1 aromatic rings. The van der Waals surface area contributed by atoms with E-state index in [4.69, 9.17) is 14.5 Å². The highest BCUT2D eigenvalue weighted by atomic mass is 16.6. The van der Waals surface area contributed by atoms with Crippen molar-refractivity contribution in [2.45, 2.75) is 19.4 Å². The molecule has 2 N–H and O–H groups in total. The Labute approximate surface area is 95.2 Å². The predicted octanol–water partition coefficient (Wildman–Crippen LogP) is 0.151. The first-order chi connectivity index (χ1) is 8.06. The summed E-state index contributed by atoms with van der Waals surface area (Å²) in [6.45, 7) is 1.71. The number of hydrogen-bond acceptors (Lipinski definition) is 6. The lowest BCUT2D eigenvalue weighted by Crippen LogP contribution is -2.28. The van der Waals surface area contributed by atoms with Gasteiger partial charge < -0.3 is 14.5 Å². The van der Waals surface area contributed by atoms with Crippen LogP contribution < -0.4 is 5.32 Å². The Morgan fingerprint density at radius 3 is 2.88 bits per heavy atom. The van der Waals surface area contributed by atoms with Crippen molar-refractivity contribution in [2.24, 2.45) is 5.16 Å². The van der Waals surface area contributed by atoms with E-state index in [1.165, 1.54) is 6.07 Å². The van der Waals surface area contributed by atoms with E-state index >= 15 is 0 Å². The highest BCUT2D eigenvalue weighted by Crippen LogP contribution is 2.14. The maximum absolute atomic E-state index is 11.6. The van der Waals surface area contributed by atoms with Gasteiger partial charge in [0.2, 0.25) is 12.0 Å². The summed E-state index contributed by atoms with van der Waals surface area (Å²) in [6, 6.07) is 1.53. The lowest BCUT2D eigenvalue weighted by Gasteiger charge is -2.05. The molecule has 0 bridgehead atoms. The van der Waals surface area contributed by atoms with Crippen molar-refractivity contribution in [3.05, 3.63) is 11.8 Å². The molecular formula is C9H9N3O5. The third-order valence-corrected chi connectivity index (χ3v) is 2.08. The summed E-state index contributed by atoms with van der Waals surface area (Å²) in [5.74, 6) is -1.54. The summed E-state index contributed by atoms with van der Waals surface area (Å²) < 4.78 is 4.78. The van der Waals surface area contributed by atoms with E-state index < -0.39 is 18.0 Å². The molecule has 0 radical (unpaired) electrons.